The third-order valence-electron chi connectivity index (χ3n) is 3.47. The zero-order valence-electron chi connectivity index (χ0n) is 13.1. The molecule has 2 aromatic heterocycles. The van der Waals surface area contributed by atoms with Crippen molar-refractivity contribution in [2.75, 3.05) is 0 Å². The summed E-state index contributed by atoms with van der Waals surface area (Å²) in [5, 5.41) is 3.58. The zero-order valence-corrected chi connectivity index (χ0v) is 13.1. The van der Waals surface area contributed by atoms with Gasteiger partial charge in [0.05, 0.1) is 0 Å². The zero-order chi connectivity index (χ0) is 16.9. The van der Waals surface area contributed by atoms with Gasteiger partial charge in [0.2, 0.25) is 0 Å². The third kappa shape index (κ3) is 3.78. The standard InChI is InChI=1S/C18H16N2O4/c1-12(18(22)20-11-13-3-2-8-19-10-13)23-15-6-4-14-5-7-17(21)24-16(14)9-15/h2-10,12H,11H2,1H3,(H,20,22). The Labute approximate surface area is 138 Å². The highest BCUT2D eigenvalue weighted by atomic mass is 16.5. The van der Waals surface area contributed by atoms with Crippen LogP contribution in [0.3, 0.4) is 0 Å². The van der Waals surface area contributed by atoms with E-state index in [9.17, 15) is 9.59 Å². The first kappa shape index (κ1) is 15.7. The molecule has 6 heteroatoms. The van der Waals surface area contributed by atoms with Crippen LogP contribution in [0, 0.1) is 0 Å². The number of pyridine rings is 1. The molecule has 3 aromatic rings. The van der Waals surface area contributed by atoms with E-state index in [1.165, 1.54) is 6.07 Å². The average molecular weight is 324 g/mol. The molecule has 1 amide bonds. The van der Waals surface area contributed by atoms with Crippen LogP contribution in [-0.4, -0.2) is 17.0 Å². The topological polar surface area (TPSA) is 81.4 Å². The number of hydrogen-bond acceptors (Lipinski definition) is 5. The summed E-state index contributed by atoms with van der Waals surface area (Å²) in [6.45, 7) is 2.04. The molecule has 0 bridgehead atoms. The molecule has 0 spiro atoms. The van der Waals surface area contributed by atoms with E-state index < -0.39 is 11.7 Å². The Morgan fingerprint density at radius 3 is 2.92 bits per heavy atom. The molecule has 0 saturated carbocycles. The van der Waals surface area contributed by atoms with Crippen LogP contribution in [0.25, 0.3) is 11.0 Å². The van der Waals surface area contributed by atoms with Gasteiger partial charge in [0.15, 0.2) is 6.10 Å². The Morgan fingerprint density at radius 2 is 2.12 bits per heavy atom. The molecule has 0 aliphatic heterocycles. The highest BCUT2D eigenvalue weighted by molar-refractivity contribution is 5.81. The van der Waals surface area contributed by atoms with E-state index in [-0.39, 0.29) is 5.91 Å². The summed E-state index contributed by atoms with van der Waals surface area (Å²) in [5.41, 5.74) is 0.899. The molecule has 0 saturated heterocycles. The first-order chi connectivity index (χ1) is 11.6. The maximum absolute atomic E-state index is 12.1. The minimum Gasteiger partial charge on any atom is -0.481 e. The van der Waals surface area contributed by atoms with Gasteiger partial charge >= 0.3 is 5.63 Å². The number of carbonyl (C=O) groups excluding carboxylic acids is 1. The number of benzene rings is 1. The maximum Gasteiger partial charge on any atom is 0.336 e. The monoisotopic (exact) mass is 324 g/mol. The Morgan fingerprint density at radius 1 is 1.29 bits per heavy atom. The van der Waals surface area contributed by atoms with E-state index in [0.717, 1.165) is 10.9 Å². The van der Waals surface area contributed by atoms with Crippen molar-refractivity contribution < 1.29 is 13.9 Å². The van der Waals surface area contributed by atoms with Crippen molar-refractivity contribution in [1.82, 2.24) is 10.3 Å². The Bertz CT molecular complexity index is 906. The van der Waals surface area contributed by atoms with Crippen molar-refractivity contribution in [2.45, 2.75) is 19.6 Å². The highest BCUT2D eigenvalue weighted by Crippen LogP contribution is 2.20. The molecule has 6 nitrogen and oxygen atoms in total. The van der Waals surface area contributed by atoms with Gasteiger partial charge in [-0.3, -0.25) is 9.78 Å². The SMILES string of the molecule is CC(Oc1ccc2ccc(=O)oc2c1)C(=O)NCc1cccnc1. The summed E-state index contributed by atoms with van der Waals surface area (Å²) in [6.07, 6.45) is 2.68. The van der Waals surface area contributed by atoms with Gasteiger partial charge in [-0.25, -0.2) is 4.79 Å². The fourth-order valence-electron chi connectivity index (χ4n) is 2.21. The van der Waals surface area contributed by atoms with Gasteiger partial charge in [0.1, 0.15) is 11.3 Å². The number of hydrogen-bond donors (Lipinski definition) is 1. The van der Waals surface area contributed by atoms with Gasteiger partial charge in [0.25, 0.3) is 5.91 Å². The lowest BCUT2D eigenvalue weighted by Crippen LogP contribution is -2.35. The molecular formula is C18H16N2O4. The van der Waals surface area contributed by atoms with Crippen LogP contribution >= 0.6 is 0 Å². The van der Waals surface area contributed by atoms with Gasteiger partial charge < -0.3 is 14.5 Å². The van der Waals surface area contributed by atoms with Crippen LogP contribution < -0.4 is 15.7 Å². The van der Waals surface area contributed by atoms with Gasteiger partial charge in [-0.1, -0.05) is 6.07 Å². The number of nitrogens with one attached hydrogen (secondary N) is 1. The molecule has 0 radical (unpaired) electrons. The van der Waals surface area contributed by atoms with E-state index in [1.54, 1.807) is 43.6 Å². The van der Waals surface area contributed by atoms with Gasteiger partial charge in [-0.15, -0.1) is 0 Å². The molecule has 122 valence electrons. The molecule has 2 heterocycles. The second kappa shape index (κ2) is 6.95. The number of ether oxygens (including phenoxy) is 1. The lowest BCUT2D eigenvalue weighted by Gasteiger charge is -2.15. The second-order valence-electron chi connectivity index (χ2n) is 5.29. The van der Waals surface area contributed by atoms with Crippen LogP contribution in [0.2, 0.25) is 0 Å². The van der Waals surface area contributed by atoms with Crippen LogP contribution in [0.5, 0.6) is 5.75 Å². The molecule has 3 rings (SSSR count). The lowest BCUT2D eigenvalue weighted by atomic mass is 10.2. The molecule has 1 atom stereocenters. The van der Waals surface area contributed by atoms with E-state index in [1.807, 2.05) is 12.1 Å². The van der Waals surface area contributed by atoms with Crippen LogP contribution in [0.1, 0.15) is 12.5 Å². The summed E-state index contributed by atoms with van der Waals surface area (Å²) in [5.74, 6) is 0.217. The molecule has 0 aliphatic carbocycles. The first-order valence-corrected chi connectivity index (χ1v) is 7.49. The van der Waals surface area contributed by atoms with E-state index in [4.69, 9.17) is 9.15 Å². The van der Waals surface area contributed by atoms with Gasteiger partial charge in [0, 0.05) is 36.5 Å². The predicted octanol–water partition coefficient (Wildman–Crippen LogP) is 2.27. The minimum absolute atomic E-state index is 0.242. The van der Waals surface area contributed by atoms with Crippen LogP contribution in [0.4, 0.5) is 0 Å². The summed E-state index contributed by atoms with van der Waals surface area (Å²) in [7, 11) is 0. The Hall–Kier alpha value is -3.15. The first-order valence-electron chi connectivity index (χ1n) is 7.49. The summed E-state index contributed by atoms with van der Waals surface area (Å²) in [4.78, 5) is 27.4. The van der Waals surface area contributed by atoms with Gasteiger partial charge in [-0.2, -0.15) is 0 Å². The fourth-order valence-corrected chi connectivity index (χ4v) is 2.21. The average Bonchev–Trinajstić information content (AvgIpc) is 2.60. The van der Waals surface area contributed by atoms with Gasteiger partial charge in [-0.05, 0) is 36.8 Å². The number of nitrogens with zero attached hydrogens (tertiary/aromatic N) is 1. The number of aromatic nitrogens is 1. The summed E-state index contributed by atoms with van der Waals surface area (Å²) < 4.78 is 10.7. The second-order valence-corrected chi connectivity index (χ2v) is 5.29. The predicted molar refractivity (Wildman–Crippen MR) is 88.7 cm³/mol. The minimum atomic E-state index is -0.686. The van der Waals surface area contributed by atoms with E-state index in [2.05, 4.69) is 10.3 Å². The van der Waals surface area contributed by atoms with Crippen molar-refractivity contribution in [3.05, 3.63) is 70.8 Å². The molecule has 1 aromatic carbocycles. The molecule has 0 aliphatic rings. The van der Waals surface area contributed by atoms with E-state index in [0.29, 0.717) is 17.9 Å². The maximum atomic E-state index is 12.1. The number of amides is 1. The lowest BCUT2D eigenvalue weighted by molar-refractivity contribution is -0.127. The summed E-state index contributed by atoms with van der Waals surface area (Å²) >= 11 is 0. The quantitative estimate of drug-likeness (QED) is 0.728. The molecule has 24 heavy (non-hydrogen) atoms. The normalized spacial score (nSPS) is 11.9. The largest absolute Gasteiger partial charge is 0.481 e. The van der Waals surface area contributed by atoms with Crippen molar-refractivity contribution >= 4 is 16.9 Å². The molecule has 0 fully saturated rings. The number of carbonyl (C=O) groups is 1. The summed E-state index contributed by atoms with van der Waals surface area (Å²) in [6, 6.07) is 11.8. The van der Waals surface area contributed by atoms with Crippen LogP contribution in [0.15, 0.2) is 64.1 Å². The third-order valence-corrected chi connectivity index (χ3v) is 3.47. The van der Waals surface area contributed by atoms with Crippen molar-refractivity contribution in [3.63, 3.8) is 0 Å². The smallest absolute Gasteiger partial charge is 0.336 e. The van der Waals surface area contributed by atoms with E-state index >= 15 is 0 Å². The van der Waals surface area contributed by atoms with Crippen molar-refractivity contribution in [1.29, 1.82) is 0 Å². The Kier molecular flexibility index (Phi) is 4.56. The molecule has 1 unspecified atom stereocenters. The highest BCUT2D eigenvalue weighted by Gasteiger charge is 2.14. The van der Waals surface area contributed by atoms with Crippen LogP contribution in [-0.2, 0) is 11.3 Å². The molecule has 1 N–H and O–H groups in total. The van der Waals surface area contributed by atoms with Crippen molar-refractivity contribution in [3.8, 4) is 5.75 Å². The fraction of sp³-hybridized carbons (Fsp3) is 0.167. The Balaban J connectivity index is 1.64. The molecular weight excluding hydrogens is 308 g/mol. The van der Waals surface area contributed by atoms with Crippen molar-refractivity contribution in [2.24, 2.45) is 0 Å². The number of fused-ring (bicyclic) bond motifs is 1. The number of rotatable bonds is 5.